The zero-order valence-corrected chi connectivity index (χ0v) is 12.4. The second kappa shape index (κ2) is 5.61. The lowest BCUT2D eigenvalue weighted by molar-refractivity contribution is 0.0943. The highest BCUT2D eigenvalue weighted by molar-refractivity contribution is 7.21. The van der Waals surface area contributed by atoms with Crippen LogP contribution in [0.2, 0.25) is 0 Å². The first-order valence-corrected chi connectivity index (χ1v) is 7.44. The Bertz CT molecular complexity index is 603. The van der Waals surface area contributed by atoms with Crippen molar-refractivity contribution >= 4 is 33.0 Å². The van der Waals surface area contributed by atoms with E-state index in [4.69, 9.17) is 5.73 Å². The van der Waals surface area contributed by atoms with Gasteiger partial charge in [-0.3, -0.25) is 4.79 Å². The molecular formula is C15H20N2OS. The van der Waals surface area contributed by atoms with Gasteiger partial charge in [-0.2, -0.15) is 0 Å². The Morgan fingerprint density at radius 3 is 2.89 bits per heavy atom. The van der Waals surface area contributed by atoms with E-state index < -0.39 is 0 Å². The predicted molar refractivity (Wildman–Crippen MR) is 82.8 cm³/mol. The molecule has 0 saturated carbocycles. The molecule has 2 rings (SSSR count). The number of benzene rings is 1. The third-order valence-corrected chi connectivity index (χ3v) is 4.37. The normalized spacial score (nSPS) is 12.6. The summed E-state index contributed by atoms with van der Waals surface area (Å²) >= 11 is 1.46. The number of carbonyl (C=O) groups excluding carboxylic acids is 1. The molecule has 0 saturated heterocycles. The lowest BCUT2D eigenvalue weighted by Gasteiger charge is -2.11. The van der Waals surface area contributed by atoms with Crippen LogP contribution in [0.4, 0.5) is 5.69 Å². The summed E-state index contributed by atoms with van der Waals surface area (Å²) in [7, 11) is 0. The van der Waals surface area contributed by atoms with Gasteiger partial charge in [0.05, 0.1) is 5.69 Å². The van der Waals surface area contributed by atoms with Gasteiger partial charge < -0.3 is 11.1 Å². The summed E-state index contributed by atoms with van der Waals surface area (Å²) in [5.74, 6) is -0.0581. The van der Waals surface area contributed by atoms with Crippen molar-refractivity contribution in [2.75, 3.05) is 5.73 Å². The molecule has 102 valence electrons. The highest BCUT2D eigenvalue weighted by atomic mass is 32.1. The van der Waals surface area contributed by atoms with Crippen molar-refractivity contribution in [3.8, 4) is 0 Å². The van der Waals surface area contributed by atoms with E-state index in [1.807, 2.05) is 32.0 Å². The molecule has 0 spiro atoms. The minimum atomic E-state index is -0.0581. The molecule has 1 amide bonds. The molecule has 19 heavy (non-hydrogen) atoms. The summed E-state index contributed by atoms with van der Waals surface area (Å²) in [5, 5.41) is 3.99. The molecule has 0 aliphatic rings. The van der Waals surface area contributed by atoms with Gasteiger partial charge in [-0.05, 0) is 32.4 Å². The average Bonchev–Trinajstić information content (AvgIpc) is 2.67. The fourth-order valence-electron chi connectivity index (χ4n) is 2.19. The summed E-state index contributed by atoms with van der Waals surface area (Å²) in [5.41, 5.74) is 7.87. The Balaban J connectivity index is 2.30. The van der Waals surface area contributed by atoms with Gasteiger partial charge in [-0.15, -0.1) is 11.3 Å². The van der Waals surface area contributed by atoms with Gasteiger partial charge in [0.25, 0.3) is 5.91 Å². The zero-order chi connectivity index (χ0) is 14.0. The van der Waals surface area contributed by atoms with Gasteiger partial charge in [0.1, 0.15) is 4.88 Å². The van der Waals surface area contributed by atoms with Crippen LogP contribution in [0.15, 0.2) is 18.2 Å². The number of aryl methyl sites for hydroxylation is 1. The number of anilines is 1. The van der Waals surface area contributed by atoms with Crippen LogP contribution in [0.25, 0.3) is 10.1 Å². The smallest absolute Gasteiger partial charge is 0.263 e. The van der Waals surface area contributed by atoms with E-state index in [1.165, 1.54) is 11.3 Å². The molecular weight excluding hydrogens is 256 g/mol. The molecule has 1 unspecified atom stereocenters. The number of thiophene rings is 1. The summed E-state index contributed by atoms with van der Waals surface area (Å²) in [6.07, 6.45) is 2.04. The van der Waals surface area contributed by atoms with E-state index in [9.17, 15) is 4.79 Å². The van der Waals surface area contributed by atoms with E-state index in [1.54, 1.807) is 0 Å². The SMILES string of the molecule is CCCC(C)NC(=O)c1sc2ccc(C)cc2c1N. The molecule has 1 aromatic heterocycles. The number of nitrogens with two attached hydrogens (primary N) is 1. The third-order valence-electron chi connectivity index (χ3n) is 3.19. The van der Waals surface area contributed by atoms with Crippen molar-refractivity contribution in [1.29, 1.82) is 0 Å². The Morgan fingerprint density at radius 2 is 2.21 bits per heavy atom. The minimum absolute atomic E-state index is 0.0581. The second-order valence-corrected chi connectivity index (χ2v) is 6.06. The fraction of sp³-hybridized carbons (Fsp3) is 0.400. The standard InChI is InChI=1S/C15H20N2OS/c1-4-5-10(3)17-15(18)14-13(16)11-8-9(2)6-7-12(11)19-14/h6-8,10H,4-5,16H2,1-3H3,(H,17,18). The number of fused-ring (bicyclic) bond motifs is 1. The Morgan fingerprint density at radius 1 is 1.47 bits per heavy atom. The number of nitrogens with one attached hydrogen (secondary N) is 1. The molecule has 1 heterocycles. The molecule has 2 aromatic rings. The van der Waals surface area contributed by atoms with Crippen LogP contribution in [0, 0.1) is 6.92 Å². The first kappa shape index (κ1) is 13.9. The summed E-state index contributed by atoms with van der Waals surface area (Å²) < 4.78 is 1.07. The first-order valence-electron chi connectivity index (χ1n) is 6.62. The van der Waals surface area contributed by atoms with Gasteiger partial charge in [-0.1, -0.05) is 25.0 Å². The maximum absolute atomic E-state index is 12.2. The van der Waals surface area contributed by atoms with E-state index >= 15 is 0 Å². The first-order chi connectivity index (χ1) is 9.02. The van der Waals surface area contributed by atoms with Crippen molar-refractivity contribution in [3.05, 3.63) is 28.6 Å². The number of nitrogen functional groups attached to an aromatic ring is 1. The van der Waals surface area contributed by atoms with E-state index in [-0.39, 0.29) is 11.9 Å². The van der Waals surface area contributed by atoms with Crippen molar-refractivity contribution in [3.63, 3.8) is 0 Å². The molecule has 1 aromatic carbocycles. The number of rotatable bonds is 4. The number of hydrogen-bond donors (Lipinski definition) is 2. The van der Waals surface area contributed by atoms with Crippen LogP contribution in [0.3, 0.4) is 0 Å². The largest absolute Gasteiger partial charge is 0.397 e. The Kier molecular flexibility index (Phi) is 4.10. The van der Waals surface area contributed by atoms with Crippen molar-refractivity contribution in [2.24, 2.45) is 0 Å². The van der Waals surface area contributed by atoms with Crippen LogP contribution in [0.1, 0.15) is 41.9 Å². The molecule has 0 radical (unpaired) electrons. The average molecular weight is 276 g/mol. The van der Waals surface area contributed by atoms with E-state index in [0.717, 1.165) is 28.5 Å². The van der Waals surface area contributed by atoms with Gasteiger partial charge in [0, 0.05) is 16.1 Å². The quantitative estimate of drug-likeness (QED) is 0.894. The van der Waals surface area contributed by atoms with Gasteiger partial charge in [0.2, 0.25) is 0 Å². The lowest BCUT2D eigenvalue weighted by Crippen LogP contribution is -2.32. The topological polar surface area (TPSA) is 55.1 Å². The Labute approximate surface area is 117 Å². The predicted octanol–water partition coefficient (Wildman–Crippen LogP) is 3.71. The van der Waals surface area contributed by atoms with Crippen molar-refractivity contribution < 1.29 is 4.79 Å². The number of amides is 1. The maximum Gasteiger partial charge on any atom is 0.263 e. The second-order valence-electron chi connectivity index (χ2n) is 5.01. The third kappa shape index (κ3) is 2.89. The molecule has 0 aliphatic heterocycles. The summed E-state index contributed by atoms with van der Waals surface area (Å²) in [6, 6.07) is 6.29. The zero-order valence-electron chi connectivity index (χ0n) is 11.6. The molecule has 0 aliphatic carbocycles. The monoisotopic (exact) mass is 276 g/mol. The van der Waals surface area contributed by atoms with Gasteiger partial charge in [-0.25, -0.2) is 0 Å². The van der Waals surface area contributed by atoms with E-state index in [0.29, 0.717) is 10.6 Å². The van der Waals surface area contributed by atoms with Crippen LogP contribution in [-0.2, 0) is 0 Å². The number of hydrogen-bond acceptors (Lipinski definition) is 3. The molecule has 3 N–H and O–H groups in total. The number of carbonyl (C=O) groups is 1. The summed E-state index contributed by atoms with van der Waals surface area (Å²) in [4.78, 5) is 12.9. The van der Waals surface area contributed by atoms with Gasteiger partial charge in [0.15, 0.2) is 0 Å². The van der Waals surface area contributed by atoms with Crippen LogP contribution < -0.4 is 11.1 Å². The highest BCUT2D eigenvalue weighted by Gasteiger charge is 2.17. The molecule has 0 fully saturated rings. The lowest BCUT2D eigenvalue weighted by atomic mass is 10.1. The van der Waals surface area contributed by atoms with E-state index in [2.05, 4.69) is 12.2 Å². The van der Waals surface area contributed by atoms with Crippen LogP contribution in [0.5, 0.6) is 0 Å². The molecule has 3 nitrogen and oxygen atoms in total. The van der Waals surface area contributed by atoms with Crippen molar-refractivity contribution in [2.45, 2.75) is 39.7 Å². The van der Waals surface area contributed by atoms with Crippen LogP contribution >= 0.6 is 11.3 Å². The summed E-state index contributed by atoms with van der Waals surface area (Å²) in [6.45, 7) is 6.16. The van der Waals surface area contributed by atoms with Gasteiger partial charge >= 0.3 is 0 Å². The minimum Gasteiger partial charge on any atom is -0.397 e. The maximum atomic E-state index is 12.2. The molecule has 1 atom stereocenters. The molecule has 4 heteroatoms. The fourth-order valence-corrected chi connectivity index (χ4v) is 3.20. The van der Waals surface area contributed by atoms with Crippen molar-refractivity contribution in [1.82, 2.24) is 5.32 Å². The Hall–Kier alpha value is -1.55. The highest BCUT2D eigenvalue weighted by Crippen LogP contribution is 2.34. The molecule has 0 bridgehead atoms. The van der Waals surface area contributed by atoms with Crippen LogP contribution in [-0.4, -0.2) is 11.9 Å².